The van der Waals surface area contributed by atoms with Crippen LogP contribution in [0.3, 0.4) is 0 Å². The average Bonchev–Trinajstić information content (AvgIpc) is 3.49. The average molecular weight is 394 g/mol. The quantitative estimate of drug-likeness (QED) is 0.863. The molecule has 2 aromatic rings. The number of likely N-dealkylation sites (tertiary alicyclic amines) is 1. The molecule has 0 spiro atoms. The Balaban J connectivity index is 1.22. The van der Waals surface area contributed by atoms with E-state index in [1.165, 1.54) is 0 Å². The largest absolute Gasteiger partial charge is 0.365 e. The highest BCUT2D eigenvalue weighted by Crippen LogP contribution is 2.29. The molecule has 3 heterocycles. The van der Waals surface area contributed by atoms with Crippen molar-refractivity contribution in [2.45, 2.75) is 51.0 Å². The minimum atomic E-state index is -0.0541. The topological polar surface area (TPSA) is 76.5 Å². The summed E-state index contributed by atoms with van der Waals surface area (Å²) in [4.78, 5) is 31.5. The van der Waals surface area contributed by atoms with E-state index < -0.39 is 0 Å². The SMILES string of the molecule is O=C(NC1CC1)C1CCN(C(=O)c2ncn3c2CO[C@H](c2ccccc2)C3)CC1. The van der Waals surface area contributed by atoms with E-state index in [0.29, 0.717) is 50.8 Å². The van der Waals surface area contributed by atoms with Gasteiger partial charge in [0.05, 0.1) is 25.2 Å². The van der Waals surface area contributed by atoms with Crippen molar-refractivity contribution < 1.29 is 14.3 Å². The van der Waals surface area contributed by atoms with Gasteiger partial charge in [0.15, 0.2) is 5.69 Å². The van der Waals surface area contributed by atoms with Crippen molar-refractivity contribution in [2.24, 2.45) is 5.92 Å². The van der Waals surface area contributed by atoms with Gasteiger partial charge in [-0.25, -0.2) is 4.98 Å². The van der Waals surface area contributed by atoms with E-state index in [1.807, 2.05) is 27.7 Å². The molecule has 2 amide bonds. The fraction of sp³-hybridized carbons (Fsp3) is 0.500. The number of carbonyl (C=O) groups excluding carboxylic acids is 2. The van der Waals surface area contributed by atoms with Crippen LogP contribution in [0.1, 0.15) is 53.5 Å². The summed E-state index contributed by atoms with van der Waals surface area (Å²) in [5, 5.41) is 3.08. The molecule has 1 N–H and O–H groups in total. The first-order valence-corrected chi connectivity index (χ1v) is 10.5. The van der Waals surface area contributed by atoms with Crippen LogP contribution in [0.2, 0.25) is 0 Å². The van der Waals surface area contributed by atoms with Gasteiger partial charge in [-0.05, 0) is 31.2 Å². The molecular formula is C22H26N4O3. The predicted octanol–water partition coefficient (Wildman–Crippen LogP) is 2.29. The summed E-state index contributed by atoms with van der Waals surface area (Å²) in [5.41, 5.74) is 2.46. The molecule has 2 fully saturated rings. The zero-order chi connectivity index (χ0) is 19.8. The van der Waals surface area contributed by atoms with Crippen LogP contribution in [0.25, 0.3) is 0 Å². The Bertz CT molecular complexity index is 898. The number of rotatable bonds is 4. The van der Waals surface area contributed by atoms with Crippen LogP contribution in [0.15, 0.2) is 36.7 Å². The number of carbonyl (C=O) groups is 2. The van der Waals surface area contributed by atoms with Crippen molar-refractivity contribution >= 4 is 11.8 Å². The molecule has 0 bridgehead atoms. The Morgan fingerprint density at radius 3 is 2.55 bits per heavy atom. The highest BCUT2D eigenvalue weighted by atomic mass is 16.5. The second-order valence-electron chi connectivity index (χ2n) is 8.25. The number of nitrogens with one attached hydrogen (secondary N) is 1. The third kappa shape index (κ3) is 3.79. The molecule has 0 radical (unpaired) electrons. The second kappa shape index (κ2) is 7.63. The molecule has 3 aliphatic rings. The van der Waals surface area contributed by atoms with E-state index in [9.17, 15) is 9.59 Å². The van der Waals surface area contributed by atoms with Crippen LogP contribution in [-0.2, 0) is 22.7 Å². The molecule has 7 heteroatoms. The van der Waals surface area contributed by atoms with Crippen molar-refractivity contribution in [2.75, 3.05) is 13.1 Å². The Morgan fingerprint density at radius 1 is 1.07 bits per heavy atom. The monoisotopic (exact) mass is 394 g/mol. The number of imidazole rings is 1. The zero-order valence-electron chi connectivity index (χ0n) is 16.4. The Labute approximate surface area is 170 Å². The number of amides is 2. The number of aromatic nitrogens is 2. The first-order chi connectivity index (χ1) is 14.2. The first-order valence-electron chi connectivity index (χ1n) is 10.5. The summed E-state index contributed by atoms with van der Waals surface area (Å²) in [6.07, 6.45) is 5.35. The van der Waals surface area contributed by atoms with Crippen LogP contribution in [0, 0.1) is 5.92 Å². The van der Waals surface area contributed by atoms with Crippen molar-refractivity contribution in [1.29, 1.82) is 0 Å². The summed E-state index contributed by atoms with van der Waals surface area (Å²) in [6, 6.07) is 10.5. The minimum absolute atomic E-state index is 0.0190. The van der Waals surface area contributed by atoms with Gasteiger partial charge in [0.2, 0.25) is 5.91 Å². The maximum atomic E-state index is 13.0. The molecule has 29 heavy (non-hydrogen) atoms. The maximum absolute atomic E-state index is 13.0. The van der Waals surface area contributed by atoms with Gasteiger partial charge < -0.3 is 19.5 Å². The summed E-state index contributed by atoms with van der Waals surface area (Å²) in [5.74, 6) is 0.117. The van der Waals surface area contributed by atoms with Gasteiger partial charge in [0.1, 0.15) is 6.10 Å². The van der Waals surface area contributed by atoms with Gasteiger partial charge in [-0.1, -0.05) is 30.3 Å². The lowest BCUT2D eigenvalue weighted by Crippen LogP contribution is -2.43. The Morgan fingerprint density at radius 2 is 1.83 bits per heavy atom. The van der Waals surface area contributed by atoms with Crippen LogP contribution in [0.5, 0.6) is 0 Å². The number of ether oxygens (including phenoxy) is 1. The van der Waals surface area contributed by atoms with Gasteiger partial charge in [-0.15, -0.1) is 0 Å². The van der Waals surface area contributed by atoms with Crippen LogP contribution >= 0.6 is 0 Å². The summed E-state index contributed by atoms with van der Waals surface area (Å²) >= 11 is 0. The van der Waals surface area contributed by atoms with Crippen molar-refractivity contribution in [3.63, 3.8) is 0 Å². The Kier molecular flexibility index (Phi) is 4.83. The first kappa shape index (κ1) is 18.4. The van der Waals surface area contributed by atoms with Gasteiger partial charge in [-0.2, -0.15) is 0 Å². The molecule has 1 aromatic carbocycles. The molecule has 1 aliphatic carbocycles. The van der Waals surface area contributed by atoms with Gasteiger partial charge in [0, 0.05) is 25.0 Å². The van der Waals surface area contributed by atoms with E-state index in [0.717, 1.165) is 24.1 Å². The summed E-state index contributed by atoms with van der Waals surface area (Å²) < 4.78 is 8.07. The molecule has 1 aromatic heterocycles. The van der Waals surface area contributed by atoms with Crippen LogP contribution in [-0.4, -0.2) is 45.4 Å². The zero-order valence-corrected chi connectivity index (χ0v) is 16.4. The van der Waals surface area contributed by atoms with Crippen LogP contribution < -0.4 is 5.32 Å². The van der Waals surface area contributed by atoms with E-state index in [2.05, 4.69) is 22.4 Å². The standard InChI is InChI=1S/C22H26N4O3/c27-21(24-17-6-7-17)16-8-10-25(11-9-16)22(28)20-18-13-29-19(12-26(18)14-23-20)15-4-2-1-3-5-15/h1-5,14,16-17,19H,6-13H2,(H,24,27)/t19-/m0/s1. The number of fused-ring (bicyclic) bond motifs is 1. The lowest BCUT2D eigenvalue weighted by molar-refractivity contribution is -0.126. The molecule has 1 saturated heterocycles. The number of piperidine rings is 1. The summed E-state index contributed by atoms with van der Waals surface area (Å²) in [7, 11) is 0. The second-order valence-corrected chi connectivity index (χ2v) is 8.25. The van der Waals surface area contributed by atoms with Gasteiger partial charge >= 0.3 is 0 Å². The Hall–Kier alpha value is -2.67. The highest BCUT2D eigenvalue weighted by Gasteiger charge is 2.33. The molecule has 0 unspecified atom stereocenters. The van der Waals surface area contributed by atoms with E-state index in [-0.39, 0.29) is 23.8 Å². The van der Waals surface area contributed by atoms with E-state index in [1.54, 1.807) is 6.33 Å². The van der Waals surface area contributed by atoms with E-state index in [4.69, 9.17) is 4.74 Å². The molecule has 1 atom stereocenters. The van der Waals surface area contributed by atoms with Crippen LogP contribution in [0.4, 0.5) is 0 Å². The van der Waals surface area contributed by atoms with Crippen molar-refractivity contribution in [3.05, 3.63) is 53.6 Å². The van der Waals surface area contributed by atoms with E-state index >= 15 is 0 Å². The molecule has 7 nitrogen and oxygen atoms in total. The highest BCUT2D eigenvalue weighted by molar-refractivity contribution is 5.93. The lowest BCUT2D eigenvalue weighted by atomic mass is 9.95. The number of hydrogen-bond donors (Lipinski definition) is 1. The number of nitrogens with zero attached hydrogens (tertiary/aromatic N) is 3. The fourth-order valence-electron chi connectivity index (χ4n) is 4.22. The summed E-state index contributed by atoms with van der Waals surface area (Å²) in [6.45, 7) is 2.23. The molecule has 5 rings (SSSR count). The fourth-order valence-corrected chi connectivity index (χ4v) is 4.22. The third-order valence-corrected chi connectivity index (χ3v) is 6.18. The normalized spacial score (nSPS) is 22.2. The molecule has 1 saturated carbocycles. The molecular weight excluding hydrogens is 368 g/mol. The number of hydrogen-bond acceptors (Lipinski definition) is 4. The smallest absolute Gasteiger partial charge is 0.274 e. The lowest BCUT2D eigenvalue weighted by Gasteiger charge is -2.31. The van der Waals surface area contributed by atoms with Crippen molar-refractivity contribution in [3.8, 4) is 0 Å². The minimum Gasteiger partial charge on any atom is -0.365 e. The number of benzene rings is 1. The molecule has 152 valence electrons. The maximum Gasteiger partial charge on any atom is 0.274 e. The molecule has 2 aliphatic heterocycles. The third-order valence-electron chi connectivity index (χ3n) is 6.18. The predicted molar refractivity (Wildman–Crippen MR) is 106 cm³/mol. The van der Waals surface area contributed by atoms with Gasteiger partial charge in [-0.3, -0.25) is 9.59 Å². The van der Waals surface area contributed by atoms with Gasteiger partial charge in [0.25, 0.3) is 5.91 Å². The van der Waals surface area contributed by atoms with Crippen molar-refractivity contribution in [1.82, 2.24) is 19.8 Å².